The number of hydrogen-bond acceptors (Lipinski definition) is 4. The summed E-state index contributed by atoms with van der Waals surface area (Å²) in [7, 11) is 1.61. The van der Waals surface area contributed by atoms with Gasteiger partial charge in [0.05, 0.1) is 19.6 Å². The highest BCUT2D eigenvalue weighted by Crippen LogP contribution is 2.23. The minimum Gasteiger partial charge on any atom is -0.496 e. The molecule has 2 atom stereocenters. The second-order valence-electron chi connectivity index (χ2n) is 5.19. The molecule has 2 rings (SSSR count). The van der Waals surface area contributed by atoms with Crippen LogP contribution in [0.2, 0.25) is 0 Å². The van der Waals surface area contributed by atoms with Gasteiger partial charge in [-0.15, -0.1) is 0 Å². The third kappa shape index (κ3) is 3.83. The van der Waals surface area contributed by atoms with Crippen LogP contribution < -0.4 is 10.5 Å². The van der Waals surface area contributed by atoms with Gasteiger partial charge in [-0.1, -0.05) is 30.4 Å². The predicted molar refractivity (Wildman–Crippen MR) is 80.7 cm³/mol. The van der Waals surface area contributed by atoms with Crippen LogP contribution in [0.1, 0.15) is 12.0 Å². The standard InChI is InChI=1S/C16H22N2O3/c1-21-15-5-3-2-4-13(15)11-18(8-9-19)16(20)12-6-7-14(17)10-12/h2-7,12,14,19H,8-11,17H2,1H3. The number of rotatable bonds is 6. The van der Waals surface area contributed by atoms with E-state index in [1.54, 1.807) is 12.0 Å². The van der Waals surface area contributed by atoms with Crippen LogP contribution in [-0.2, 0) is 11.3 Å². The smallest absolute Gasteiger partial charge is 0.229 e. The molecule has 0 aliphatic heterocycles. The van der Waals surface area contributed by atoms with Gasteiger partial charge >= 0.3 is 0 Å². The fourth-order valence-electron chi connectivity index (χ4n) is 2.57. The zero-order valence-corrected chi connectivity index (χ0v) is 12.2. The predicted octanol–water partition coefficient (Wildman–Crippen LogP) is 0.920. The van der Waals surface area contributed by atoms with Gasteiger partial charge in [0.15, 0.2) is 0 Å². The molecular formula is C16H22N2O3. The highest BCUT2D eigenvalue weighted by Gasteiger charge is 2.27. The molecule has 1 aliphatic rings. The molecule has 21 heavy (non-hydrogen) atoms. The number of ether oxygens (including phenoxy) is 1. The van der Waals surface area contributed by atoms with Crippen LogP contribution in [0.5, 0.6) is 5.75 Å². The van der Waals surface area contributed by atoms with Crippen LogP contribution in [0.15, 0.2) is 36.4 Å². The van der Waals surface area contributed by atoms with E-state index in [1.165, 1.54) is 0 Å². The van der Waals surface area contributed by atoms with Gasteiger partial charge < -0.3 is 20.5 Å². The number of nitrogens with two attached hydrogens (primary N) is 1. The lowest BCUT2D eigenvalue weighted by Gasteiger charge is -2.25. The molecule has 1 amide bonds. The molecule has 0 aromatic heterocycles. The van der Waals surface area contributed by atoms with Crippen molar-refractivity contribution in [3.8, 4) is 5.75 Å². The number of amides is 1. The molecule has 1 aliphatic carbocycles. The third-order valence-corrected chi connectivity index (χ3v) is 3.67. The van der Waals surface area contributed by atoms with E-state index in [4.69, 9.17) is 10.5 Å². The second-order valence-corrected chi connectivity index (χ2v) is 5.19. The Hall–Kier alpha value is -1.85. The van der Waals surface area contributed by atoms with Crippen molar-refractivity contribution in [1.82, 2.24) is 4.90 Å². The summed E-state index contributed by atoms with van der Waals surface area (Å²) in [5.41, 5.74) is 6.73. The first-order chi connectivity index (χ1) is 10.2. The van der Waals surface area contributed by atoms with Crippen molar-refractivity contribution < 1.29 is 14.6 Å². The van der Waals surface area contributed by atoms with E-state index in [-0.39, 0.29) is 24.5 Å². The molecule has 3 N–H and O–H groups in total. The number of carbonyl (C=O) groups excluding carboxylic acids is 1. The van der Waals surface area contributed by atoms with Crippen molar-refractivity contribution >= 4 is 5.91 Å². The molecule has 1 aromatic rings. The summed E-state index contributed by atoms with van der Waals surface area (Å²) in [5.74, 6) is 0.548. The quantitative estimate of drug-likeness (QED) is 0.764. The number of aliphatic hydroxyl groups is 1. The average molecular weight is 290 g/mol. The van der Waals surface area contributed by atoms with Crippen LogP contribution in [-0.4, -0.2) is 42.2 Å². The van der Waals surface area contributed by atoms with Crippen LogP contribution in [0.4, 0.5) is 0 Å². The van der Waals surface area contributed by atoms with Gasteiger partial charge in [-0.3, -0.25) is 4.79 Å². The molecule has 0 spiro atoms. The van der Waals surface area contributed by atoms with Crippen molar-refractivity contribution in [3.63, 3.8) is 0 Å². The van der Waals surface area contributed by atoms with Gasteiger partial charge in [-0.2, -0.15) is 0 Å². The molecule has 0 heterocycles. The van der Waals surface area contributed by atoms with Crippen LogP contribution in [0, 0.1) is 5.92 Å². The number of nitrogens with zero attached hydrogens (tertiary/aromatic N) is 1. The lowest BCUT2D eigenvalue weighted by Crippen LogP contribution is -2.37. The summed E-state index contributed by atoms with van der Waals surface area (Å²) in [6.07, 6.45) is 4.36. The topological polar surface area (TPSA) is 75.8 Å². The average Bonchev–Trinajstić information content (AvgIpc) is 2.93. The summed E-state index contributed by atoms with van der Waals surface area (Å²) < 4.78 is 5.31. The normalized spacial score (nSPS) is 20.5. The lowest BCUT2D eigenvalue weighted by molar-refractivity contribution is -0.135. The van der Waals surface area contributed by atoms with Gasteiger partial charge in [0.25, 0.3) is 0 Å². The van der Waals surface area contributed by atoms with Crippen molar-refractivity contribution in [3.05, 3.63) is 42.0 Å². The highest BCUT2D eigenvalue weighted by atomic mass is 16.5. The highest BCUT2D eigenvalue weighted by molar-refractivity contribution is 5.81. The van der Waals surface area contributed by atoms with Gasteiger partial charge in [-0.25, -0.2) is 0 Å². The van der Waals surface area contributed by atoms with Crippen LogP contribution in [0.25, 0.3) is 0 Å². The van der Waals surface area contributed by atoms with Crippen molar-refractivity contribution in [1.29, 1.82) is 0 Å². The Balaban J connectivity index is 2.11. The summed E-state index contributed by atoms with van der Waals surface area (Å²) >= 11 is 0. The largest absolute Gasteiger partial charge is 0.496 e. The Kier molecular flexibility index (Phi) is 5.36. The van der Waals surface area contributed by atoms with Crippen molar-refractivity contribution in [2.24, 2.45) is 11.7 Å². The van der Waals surface area contributed by atoms with E-state index in [0.29, 0.717) is 19.5 Å². The summed E-state index contributed by atoms with van der Waals surface area (Å²) in [5, 5.41) is 9.22. The van der Waals surface area contributed by atoms with E-state index in [1.807, 2.05) is 36.4 Å². The lowest BCUT2D eigenvalue weighted by atomic mass is 10.1. The SMILES string of the molecule is COc1ccccc1CN(CCO)C(=O)C1C=CC(N)C1. The fraction of sp³-hybridized carbons (Fsp3) is 0.438. The Morgan fingerprint density at radius 2 is 2.19 bits per heavy atom. The van der Waals surface area contributed by atoms with Crippen LogP contribution in [0.3, 0.4) is 0 Å². The van der Waals surface area contributed by atoms with Gasteiger partial charge in [0, 0.05) is 24.7 Å². The number of carbonyl (C=O) groups is 1. The van der Waals surface area contributed by atoms with E-state index >= 15 is 0 Å². The molecule has 0 bridgehead atoms. The first-order valence-corrected chi connectivity index (χ1v) is 7.11. The van der Waals surface area contributed by atoms with Gasteiger partial charge in [0.2, 0.25) is 5.91 Å². The van der Waals surface area contributed by atoms with E-state index < -0.39 is 0 Å². The van der Waals surface area contributed by atoms with E-state index in [0.717, 1.165) is 11.3 Å². The Bertz CT molecular complexity index is 516. The maximum absolute atomic E-state index is 12.6. The molecule has 5 nitrogen and oxygen atoms in total. The first-order valence-electron chi connectivity index (χ1n) is 7.11. The second kappa shape index (κ2) is 7.24. The Morgan fingerprint density at radius 3 is 2.81 bits per heavy atom. The molecule has 0 radical (unpaired) electrons. The maximum Gasteiger partial charge on any atom is 0.229 e. The van der Waals surface area contributed by atoms with E-state index in [2.05, 4.69) is 0 Å². The molecule has 0 saturated carbocycles. The van der Waals surface area contributed by atoms with Gasteiger partial charge in [-0.05, 0) is 12.5 Å². The first kappa shape index (κ1) is 15.5. The van der Waals surface area contributed by atoms with E-state index in [9.17, 15) is 9.90 Å². The van der Waals surface area contributed by atoms with Crippen molar-refractivity contribution in [2.45, 2.75) is 19.0 Å². The molecule has 0 fully saturated rings. The molecule has 114 valence electrons. The summed E-state index contributed by atoms with van der Waals surface area (Å²) in [6, 6.07) is 7.53. The third-order valence-electron chi connectivity index (χ3n) is 3.67. The minimum absolute atomic E-state index is 0.000781. The Labute approximate surface area is 125 Å². The number of aliphatic hydroxyl groups excluding tert-OH is 1. The number of para-hydroxylation sites is 1. The number of hydrogen-bond donors (Lipinski definition) is 2. The monoisotopic (exact) mass is 290 g/mol. The molecule has 2 unspecified atom stereocenters. The minimum atomic E-state index is -0.193. The van der Waals surface area contributed by atoms with Crippen LogP contribution >= 0.6 is 0 Å². The molecular weight excluding hydrogens is 268 g/mol. The summed E-state index contributed by atoms with van der Waals surface area (Å²) in [6.45, 7) is 0.656. The summed E-state index contributed by atoms with van der Waals surface area (Å²) in [4.78, 5) is 14.2. The maximum atomic E-state index is 12.6. The molecule has 1 aromatic carbocycles. The Morgan fingerprint density at radius 1 is 1.43 bits per heavy atom. The number of methoxy groups -OCH3 is 1. The molecule has 0 saturated heterocycles. The van der Waals surface area contributed by atoms with Crippen molar-refractivity contribution in [2.75, 3.05) is 20.3 Å². The zero-order valence-electron chi connectivity index (χ0n) is 12.2. The molecule has 5 heteroatoms. The fourth-order valence-corrected chi connectivity index (χ4v) is 2.57. The van der Waals surface area contributed by atoms with Gasteiger partial charge in [0.1, 0.15) is 5.75 Å². The zero-order chi connectivity index (χ0) is 15.2. The number of benzene rings is 1.